The molecule has 15 heavy (non-hydrogen) atoms. The lowest BCUT2D eigenvalue weighted by atomic mass is 10.3. The van der Waals surface area contributed by atoms with E-state index in [1.807, 2.05) is 30.3 Å². The number of rotatable bonds is 7. The summed E-state index contributed by atoms with van der Waals surface area (Å²) in [5.74, 6) is 0.900. The first-order chi connectivity index (χ1) is 7.36. The molecule has 1 unspecified atom stereocenters. The summed E-state index contributed by atoms with van der Waals surface area (Å²) < 4.78 is 10.7. The van der Waals surface area contributed by atoms with E-state index < -0.39 is 0 Å². The van der Waals surface area contributed by atoms with Gasteiger partial charge in [0, 0.05) is 7.11 Å². The minimum Gasteiger partial charge on any atom is -0.492 e. The van der Waals surface area contributed by atoms with Gasteiger partial charge in [0.15, 0.2) is 0 Å². The van der Waals surface area contributed by atoms with E-state index in [0.717, 1.165) is 12.3 Å². The molecular formula is C12H19NO2. The topological polar surface area (TPSA) is 30.5 Å². The van der Waals surface area contributed by atoms with Crippen molar-refractivity contribution in [3.63, 3.8) is 0 Å². The molecule has 1 aromatic rings. The summed E-state index contributed by atoms with van der Waals surface area (Å²) in [7, 11) is 1.70. The number of likely N-dealkylation sites (N-methyl/N-ethyl adjacent to an activating group) is 1. The second-order valence-corrected chi connectivity index (χ2v) is 3.33. The summed E-state index contributed by atoms with van der Waals surface area (Å²) in [4.78, 5) is 0. The molecule has 1 atom stereocenters. The highest BCUT2D eigenvalue weighted by atomic mass is 16.5. The molecule has 84 valence electrons. The maximum absolute atomic E-state index is 5.63. The Morgan fingerprint density at radius 1 is 1.20 bits per heavy atom. The highest BCUT2D eigenvalue weighted by Crippen LogP contribution is 2.08. The standard InChI is InChI=1S/C12H19NO2/c1-3-13-11(9-14-2)10-15-12-7-5-4-6-8-12/h4-8,11,13H,3,9-10H2,1-2H3. The van der Waals surface area contributed by atoms with E-state index in [9.17, 15) is 0 Å². The number of para-hydroxylation sites is 1. The number of hydrogen-bond donors (Lipinski definition) is 1. The minimum absolute atomic E-state index is 0.250. The van der Waals surface area contributed by atoms with E-state index in [1.165, 1.54) is 0 Å². The van der Waals surface area contributed by atoms with Gasteiger partial charge in [-0.05, 0) is 18.7 Å². The van der Waals surface area contributed by atoms with Crippen LogP contribution in [0.5, 0.6) is 5.75 Å². The van der Waals surface area contributed by atoms with Crippen LogP contribution in [0.15, 0.2) is 30.3 Å². The Morgan fingerprint density at radius 3 is 2.53 bits per heavy atom. The van der Waals surface area contributed by atoms with E-state index in [4.69, 9.17) is 9.47 Å². The van der Waals surface area contributed by atoms with Crippen molar-refractivity contribution in [2.45, 2.75) is 13.0 Å². The summed E-state index contributed by atoms with van der Waals surface area (Å²) >= 11 is 0. The van der Waals surface area contributed by atoms with Crippen molar-refractivity contribution >= 4 is 0 Å². The molecule has 1 N–H and O–H groups in total. The zero-order valence-electron chi connectivity index (χ0n) is 9.40. The fourth-order valence-electron chi connectivity index (χ4n) is 1.37. The third kappa shape index (κ3) is 4.81. The van der Waals surface area contributed by atoms with Gasteiger partial charge >= 0.3 is 0 Å². The Balaban J connectivity index is 2.33. The Morgan fingerprint density at radius 2 is 1.93 bits per heavy atom. The normalized spacial score (nSPS) is 12.4. The largest absolute Gasteiger partial charge is 0.492 e. The monoisotopic (exact) mass is 209 g/mol. The van der Waals surface area contributed by atoms with Crippen molar-refractivity contribution in [1.82, 2.24) is 5.32 Å². The zero-order valence-corrected chi connectivity index (χ0v) is 9.40. The van der Waals surface area contributed by atoms with Crippen LogP contribution in [-0.4, -0.2) is 32.9 Å². The van der Waals surface area contributed by atoms with Crippen LogP contribution in [0.3, 0.4) is 0 Å². The molecule has 0 fully saturated rings. The molecule has 0 amide bonds. The Kier molecular flexibility index (Phi) is 5.81. The molecule has 1 aromatic carbocycles. The first kappa shape index (κ1) is 12.0. The lowest BCUT2D eigenvalue weighted by Gasteiger charge is -2.17. The van der Waals surface area contributed by atoms with Crippen molar-refractivity contribution in [2.75, 3.05) is 26.9 Å². The molecule has 0 saturated heterocycles. The molecule has 0 aliphatic heterocycles. The Bertz CT molecular complexity index is 245. The van der Waals surface area contributed by atoms with Crippen molar-refractivity contribution < 1.29 is 9.47 Å². The molecule has 0 spiro atoms. The molecule has 3 heteroatoms. The van der Waals surface area contributed by atoms with Gasteiger partial charge in [-0.2, -0.15) is 0 Å². The predicted octanol–water partition coefficient (Wildman–Crippen LogP) is 1.69. The van der Waals surface area contributed by atoms with Crippen LogP contribution in [0.25, 0.3) is 0 Å². The van der Waals surface area contributed by atoms with E-state index in [2.05, 4.69) is 12.2 Å². The van der Waals surface area contributed by atoms with Gasteiger partial charge in [0.25, 0.3) is 0 Å². The summed E-state index contributed by atoms with van der Waals surface area (Å²) in [5.41, 5.74) is 0. The number of ether oxygens (including phenoxy) is 2. The van der Waals surface area contributed by atoms with Gasteiger partial charge in [0.2, 0.25) is 0 Å². The first-order valence-electron chi connectivity index (χ1n) is 5.27. The fourth-order valence-corrected chi connectivity index (χ4v) is 1.37. The third-order valence-corrected chi connectivity index (χ3v) is 2.06. The molecule has 0 bridgehead atoms. The molecule has 0 aromatic heterocycles. The predicted molar refractivity (Wildman–Crippen MR) is 61.3 cm³/mol. The summed E-state index contributed by atoms with van der Waals surface area (Å²) in [6.07, 6.45) is 0. The maximum atomic E-state index is 5.63. The van der Waals surface area contributed by atoms with Crippen LogP contribution in [0, 0.1) is 0 Å². The molecular weight excluding hydrogens is 190 g/mol. The molecule has 1 rings (SSSR count). The van der Waals surface area contributed by atoms with E-state index in [0.29, 0.717) is 13.2 Å². The Labute approximate surface area is 91.4 Å². The van der Waals surface area contributed by atoms with Crippen LogP contribution in [-0.2, 0) is 4.74 Å². The van der Waals surface area contributed by atoms with Gasteiger partial charge in [-0.3, -0.25) is 0 Å². The minimum atomic E-state index is 0.250. The van der Waals surface area contributed by atoms with Crippen molar-refractivity contribution in [3.05, 3.63) is 30.3 Å². The van der Waals surface area contributed by atoms with Gasteiger partial charge in [-0.15, -0.1) is 0 Å². The number of benzene rings is 1. The number of hydrogen-bond acceptors (Lipinski definition) is 3. The SMILES string of the molecule is CCNC(COC)COc1ccccc1. The molecule has 3 nitrogen and oxygen atoms in total. The van der Waals surface area contributed by atoms with Crippen LogP contribution in [0.4, 0.5) is 0 Å². The van der Waals surface area contributed by atoms with Crippen LogP contribution < -0.4 is 10.1 Å². The first-order valence-corrected chi connectivity index (χ1v) is 5.27. The Hall–Kier alpha value is -1.06. The van der Waals surface area contributed by atoms with Crippen molar-refractivity contribution in [1.29, 1.82) is 0 Å². The second kappa shape index (κ2) is 7.26. The smallest absolute Gasteiger partial charge is 0.119 e. The van der Waals surface area contributed by atoms with Gasteiger partial charge in [-0.25, -0.2) is 0 Å². The molecule has 0 saturated carbocycles. The van der Waals surface area contributed by atoms with Gasteiger partial charge in [0.05, 0.1) is 12.6 Å². The van der Waals surface area contributed by atoms with Crippen LogP contribution >= 0.6 is 0 Å². The van der Waals surface area contributed by atoms with E-state index >= 15 is 0 Å². The van der Waals surface area contributed by atoms with Gasteiger partial charge in [-0.1, -0.05) is 25.1 Å². The summed E-state index contributed by atoms with van der Waals surface area (Å²) in [6, 6.07) is 10.1. The average Bonchev–Trinajstić information content (AvgIpc) is 2.28. The highest BCUT2D eigenvalue weighted by Gasteiger charge is 2.06. The van der Waals surface area contributed by atoms with E-state index in [-0.39, 0.29) is 6.04 Å². The van der Waals surface area contributed by atoms with Gasteiger partial charge < -0.3 is 14.8 Å². The van der Waals surface area contributed by atoms with Crippen LogP contribution in [0.1, 0.15) is 6.92 Å². The third-order valence-electron chi connectivity index (χ3n) is 2.06. The number of methoxy groups -OCH3 is 1. The van der Waals surface area contributed by atoms with Crippen LogP contribution in [0.2, 0.25) is 0 Å². The maximum Gasteiger partial charge on any atom is 0.119 e. The van der Waals surface area contributed by atoms with Crippen molar-refractivity contribution in [3.8, 4) is 5.75 Å². The van der Waals surface area contributed by atoms with E-state index in [1.54, 1.807) is 7.11 Å². The lowest BCUT2D eigenvalue weighted by Crippen LogP contribution is -2.38. The van der Waals surface area contributed by atoms with Crippen molar-refractivity contribution in [2.24, 2.45) is 0 Å². The average molecular weight is 209 g/mol. The second-order valence-electron chi connectivity index (χ2n) is 3.33. The fraction of sp³-hybridized carbons (Fsp3) is 0.500. The molecule has 0 aliphatic rings. The molecule has 0 heterocycles. The summed E-state index contributed by atoms with van der Waals surface area (Å²) in [6.45, 7) is 4.30. The van der Waals surface area contributed by atoms with Gasteiger partial charge in [0.1, 0.15) is 12.4 Å². The molecule has 0 radical (unpaired) electrons. The zero-order chi connectivity index (χ0) is 10.9. The highest BCUT2D eigenvalue weighted by molar-refractivity contribution is 5.20. The quantitative estimate of drug-likeness (QED) is 0.741. The number of nitrogens with one attached hydrogen (secondary N) is 1. The summed E-state index contributed by atoms with van der Waals surface area (Å²) in [5, 5.41) is 3.30. The molecule has 0 aliphatic carbocycles. The lowest BCUT2D eigenvalue weighted by molar-refractivity contribution is 0.137.